The molecule has 0 aliphatic heterocycles. The molecule has 1 aromatic rings. The van der Waals surface area contributed by atoms with Gasteiger partial charge in [0.15, 0.2) is 0 Å². The maximum absolute atomic E-state index is 11.9. The highest BCUT2D eigenvalue weighted by atomic mass is 32.2. The summed E-state index contributed by atoms with van der Waals surface area (Å²) in [6.07, 6.45) is 3.42. The smallest absolute Gasteiger partial charge is 0.338 e. The lowest BCUT2D eigenvalue weighted by atomic mass is 10.2. The molecule has 20 heavy (non-hydrogen) atoms. The zero-order valence-corrected chi connectivity index (χ0v) is 12.4. The third kappa shape index (κ3) is 3.82. The lowest BCUT2D eigenvalue weighted by Crippen LogP contribution is -2.20. The van der Waals surface area contributed by atoms with E-state index in [0.29, 0.717) is 0 Å². The van der Waals surface area contributed by atoms with E-state index in [1.807, 2.05) is 0 Å². The normalized spacial score (nSPS) is 11.6. The van der Waals surface area contributed by atoms with E-state index in [0.717, 1.165) is 0 Å². The molecule has 1 aromatic carbocycles. The number of methoxy groups -OCH3 is 1. The first-order chi connectivity index (χ1) is 9.46. The molecule has 0 unspecified atom stereocenters. The number of carbonyl (C=O) groups is 1. The number of ether oxygens (including phenoxy) is 2. The summed E-state index contributed by atoms with van der Waals surface area (Å²) in [5.74, 6) is -0.442. The van der Waals surface area contributed by atoms with Crippen LogP contribution in [0, 0.1) is 0 Å². The summed E-state index contributed by atoms with van der Waals surface area (Å²) in [7, 11) is -1.08. The molecule has 0 saturated carbocycles. The molecule has 0 spiro atoms. The van der Waals surface area contributed by atoms with Gasteiger partial charge in [-0.3, -0.25) is 0 Å². The van der Waals surface area contributed by atoms with E-state index < -0.39 is 16.0 Å². The first kappa shape index (κ1) is 16.2. The average molecular weight is 299 g/mol. The van der Waals surface area contributed by atoms with Gasteiger partial charge < -0.3 is 9.47 Å². The molecule has 0 aliphatic rings. The van der Waals surface area contributed by atoms with Gasteiger partial charge in [-0.05, 0) is 32.2 Å². The minimum Gasteiger partial charge on any atom is -0.495 e. The Hall–Kier alpha value is -1.86. The lowest BCUT2D eigenvalue weighted by molar-refractivity contribution is 0.0549. The van der Waals surface area contributed by atoms with Gasteiger partial charge >= 0.3 is 5.97 Å². The van der Waals surface area contributed by atoms with Crippen LogP contribution >= 0.6 is 0 Å². The highest BCUT2D eigenvalue weighted by molar-refractivity contribution is 7.89. The fourth-order valence-corrected chi connectivity index (χ4v) is 2.35. The van der Waals surface area contributed by atoms with Crippen LogP contribution in [0.25, 0.3) is 0 Å². The predicted molar refractivity (Wildman–Crippen MR) is 74.3 cm³/mol. The number of allylic oxidation sites excluding steroid dienone is 1. The van der Waals surface area contributed by atoms with Crippen LogP contribution in [-0.4, -0.2) is 35.2 Å². The van der Waals surface area contributed by atoms with Gasteiger partial charge in [-0.25, -0.2) is 17.9 Å². The number of rotatable bonds is 6. The van der Waals surface area contributed by atoms with Crippen LogP contribution in [0.15, 0.2) is 35.2 Å². The molecule has 0 radical (unpaired) electrons. The van der Waals surface area contributed by atoms with Crippen LogP contribution < -0.4 is 9.46 Å². The number of esters is 1. The third-order valence-corrected chi connectivity index (χ3v) is 3.94. The zero-order valence-electron chi connectivity index (χ0n) is 11.5. The highest BCUT2D eigenvalue weighted by Crippen LogP contribution is 2.24. The summed E-state index contributed by atoms with van der Waals surface area (Å²) in [6, 6.07) is 4.09. The molecule has 0 fully saturated rings. The molecule has 0 aromatic heterocycles. The maximum atomic E-state index is 11.9. The van der Waals surface area contributed by atoms with Crippen molar-refractivity contribution in [2.45, 2.75) is 11.8 Å². The Kier molecular flexibility index (Phi) is 5.72. The van der Waals surface area contributed by atoms with Crippen molar-refractivity contribution in [3.63, 3.8) is 0 Å². The minimum atomic E-state index is -3.72. The van der Waals surface area contributed by atoms with Gasteiger partial charge in [0, 0.05) is 0 Å². The molecule has 0 heterocycles. The number of hydrogen-bond acceptors (Lipinski definition) is 5. The Balaban J connectivity index is 3.13. The molecular formula is C13H17NO5S. The quantitative estimate of drug-likeness (QED) is 0.633. The van der Waals surface area contributed by atoms with Crippen molar-refractivity contribution in [2.75, 3.05) is 20.8 Å². The van der Waals surface area contributed by atoms with E-state index in [9.17, 15) is 13.2 Å². The predicted octanol–water partition coefficient (Wildman–Crippen LogP) is 1.34. The summed E-state index contributed by atoms with van der Waals surface area (Å²) in [6.45, 7) is 1.94. The summed E-state index contributed by atoms with van der Waals surface area (Å²) in [5.41, 5.74) is 0.143. The second-order valence-corrected chi connectivity index (χ2v) is 5.60. The Morgan fingerprint density at radius 3 is 2.65 bits per heavy atom. The monoisotopic (exact) mass is 299 g/mol. The van der Waals surface area contributed by atoms with Gasteiger partial charge in [0.2, 0.25) is 10.0 Å². The van der Waals surface area contributed by atoms with Crippen LogP contribution in [0.1, 0.15) is 17.3 Å². The van der Waals surface area contributed by atoms with Gasteiger partial charge in [0.1, 0.15) is 17.3 Å². The van der Waals surface area contributed by atoms with Crippen LogP contribution in [-0.2, 0) is 14.8 Å². The Morgan fingerprint density at radius 2 is 2.10 bits per heavy atom. The topological polar surface area (TPSA) is 81.7 Å². The number of sulfonamides is 1. The van der Waals surface area contributed by atoms with E-state index in [1.54, 1.807) is 19.1 Å². The zero-order chi connectivity index (χ0) is 15.2. The molecule has 1 rings (SSSR count). The Labute approximate surface area is 118 Å². The second-order valence-electron chi connectivity index (χ2n) is 3.74. The average Bonchev–Trinajstić information content (AvgIpc) is 2.46. The molecule has 0 saturated heterocycles. The van der Waals surface area contributed by atoms with E-state index >= 15 is 0 Å². The van der Waals surface area contributed by atoms with E-state index in [-0.39, 0.29) is 22.8 Å². The van der Waals surface area contributed by atoms with Crippen molar-refractivity contribution in [3.8, 4) is 5.75 Å². The molecular weight excluding hydrogens is 282 g/mol. The number of benzene rings is 1. The molecule has 1 N–H and O–H groups in total. The number of nitrogens with one attached hydrogen (secondary N) is 1. The molecule has 0 atom stereocenters. The number of carbonyl (C=O) groups excluding carboxylic acids is 1. The van der Waals surface area contributed by atoms with Gasteiger partial charge in [-0.15, -0.1) is 0 Å². The second kappa shape index (κ2) is 7.06. The van der Waals surface area contributed by atoms with Crippen molar-refractivity contribution in [3.05, 3.63) is 35.9 Å². The van der Waals surface area contributed by atoms with Gasteiger partial charge in [-0.1, -0.05) is 12.2 Å². The van der Waals surface area contributed by atoms with Crippen molar-refractivity contribution < 1.29 is 22.7 Å². The third-order valence-electron chi connectivity index (χ3n) is 2.50. The molecule has 6 nitrogen and oxygen atoms in total. The number of hydrogen-bond donors (Lipinski definition) is 1. The summed E-state index contributed by atoms with van der Waals surface area (Å²) in [4.78, 5) is 11.7. The molecule has 0 amide bonds. The summed E-state index contributed by atoms with van der Waals surface area (Å²) >= 11 is 0. The fourth-order valence-electron chi connectivity index (χ4n) is 1.43. The summed E-state index contributed by atoms with van der Waals surface area (Å²) < 4.78 is 35.8. The van der Waals surface area contributed by atoms with E-state index in [2.05, 4.69) is 4.72 Å². The highest BCUT2D eigenvalue weighted by Gasteiger charge is 2.20. The SMILES string of the molecule is C/C=C\COC(=O)c1ccc(OC)c(S(=O)(=O)NC)c1. The molecule has 7 heteroatoms. The van der Waals surface area contributed by atoms with E-state index in [4.69, 9.17) is 9.47 Å². The molecule has 0 aliphatic carbocycles. The van der Waals surface area contributed by atoms with Crippen LogP contribution in [0.2, 0.25) is 0 Å². The molecule has 0 bridgehead atoms. The summed E-state index contributed by atoms with van der Waals surface area (Å²) in [5, 5.41) is 0. The van der Waals surface area contributed by atoms with Crippen molar-refractivity contribution in [1.82, 2.24) is 4.72 Å². The van der Waals surface area contributed by atoms with Crippen molar-refractivity contribution >= 4 is 16.0 Å². The van der Waals surface area contributed by atoms with Crippen molar-refractivity contribution in [2.24, 2.45) is 0 Å². The standard InChI is InChI=1S/C13H17NO5S/c1-4-5-8-19-13(15)10-6-7-11(18-3)12(9-10)20(16,17)14-2/h4-7,9,14H,8H2,1-3H3/b5-4-. The Bertz CT molecular complexity index is 607. The van der Waals surface area contributed by atoms with Gasteiger partial charge in [0.25, 0.3) is 0 Å². The van der Waals surface area contributed by atoms with Crippen molar-refractivity contribution in [1.29, 1.82) is 0 Å². The van der Waals surface area contributed by atoms with Gasteiger partial charge in [0.05, 0.1) is 12.7 Å². The molecule has 110 valence electrons. The van der Waals surface area contributed by atoms with E-state index in [1.165, 1.54) is 32.4 Å². The first-order valence-corrected chi connectivity index (χ1v) is 7.34. The fraction of sp³-hybridized carbons (Fsp3) is 0.308. The maximum Gasteiger partial charge on any atom is 0.338 e. The van der Waals surface area contributed by atoms with Crippen LogP contribution in [0.3, 0.4) is 0 Å². The Morgan fingerprint density at radius 1 is 1.40 bits per heavy atom. The lowest BCUT2D eigenvalue weighted by Gasteiger charge is -2.10. The van der Waals surface area contributed by atoms with Gasteiger partial charge in [-0.2, -0.15) is 0 Å². The first-order valence-electron chi connectivity index (χ1n) is 5.86. The van der Waals surface area contributed by atoms with Crippen LogP contribution in [0.5, 0.6) is 5.75 Å². The van der Waals surface area contributed by atoms with Crippen LogP contribution in [0.4, 0.5) is 0 Å². The largest absolute Gasteiger partial charge is 0.495 e. The minimum absolute atomic E-state index is 0.108.